The molecule has 1 atom stereocenters. The van der Waals surface area contributed by atoms with Gasteiger partial charge in [0.15, 0.2) is 0 Å². The number of hydrogen-bond donors (Lipinski definition) is 1. The summed E-state index contributed by atoms with van der Waals surface area (Å²) in [4.78, 5) is 4.30. The molecule has 0 fully saturated rings. The molecular weight excluding hydrogens is 263 g/mol. The SMILES string of the molecule is Cc1cc(Br)cnc1NC(C)CCCl. The molecule has 1 heterocycles. The summed E-state index contributed by atoms with van der Waals surface area (Å²) in [5, 5.41) is 3.32. The normalized spacial score (nSPS) is 12.6. The topological polar surface area (TPSA) is 24.9 Å². The van der Waals surface area contributed by atoms with E-state index in [0.717, 1.165) is 22.3 Å². The van der Waals surface area contributed by atoms with Crippen LogP contribution < -0.4 is 5.32 Å². The second-order valence-corrected chi connectivity index (χ2v) is 4.64. The number of alkyl halides is 1. The number of aryl methyl sites for hydroxylation is 1. The molecule has 78 valence electrons. The fourth-order valence-corrected chi connectivity index (χ4v) is 1.93. The second-order valence-electron chi connectivity index (χ2n) is 3.34. The number of nitrogens with one attached hydrogen (secondary N) is 1. The molecule has 0 spiro atoms. The van der Waals surface area contributed by atoms with E-state index in [-0.39, 0.29) is 0 Å². The summed E-state index contributed by atoms with van der Waals surface area (Å²) in [6.07, 6.45) is 2.74. The minimum Gasteiger partial charge on any atom is -0.367 e. The van der Waals surface area contributed by atoms with Crippen molar-refractivity contribution in [2.45, 2.75) is 26.3 Å². The molecule has 0 aliphatic rings. The van der Waals surface area contributed by atoms with Gasteiger partial charge in [0, 0.05) is 22.6 Å². The summed E-state index contributed by atoms with van der Waals surface area (Å²) in [7, 11) is 0. The van der Waals surface area contributed by atoms with Crippen molar-refractivity contribution in [1.29, 1.82) is 0 Å². The molecule has 1 rings (SSSR count). The molecule has 1 N–H and O–H groups in total. The standard InChI is InChI=1S/C10H14BrClN2/c1-7-5-9(11)6-13-10(7)14-8(2)3-4-12/h5-6,8H,3-4H2,1-2H3,(H,13,14). The van der Waals surface area contributed by atoms with Gasteiger partial charge in [0.2, 0.25) is 0 Å². The third-order valence-corrected chi connectivity index (χ3v) is 2.62. The van der Waals surface area contributed by atoms with E-state index in [4.69, 9.17) is 11.6 Å². The van der Waals surface area contributed by atoms with E-state index in [2.05, 4.69) is 33.2 Å². The van der Waals surface area contributed by atoms with Gasteiger partial charge in [0.05, 0.1) is 0 Å². The van der Waals surface area contributed by atoms with Gasteiger partial charge in [-0.3, -0.25) is 0 Å². The maximum atomic E-state index is 5.66. The lowest BCUT2D eigenvalue weighted by molar-refractivity contribution is 0.762. The Labute approximate surface area is 98.2 Å². The van der Waals surface area contributed by atoms with Crippen molar-refractivity contribution in [3.05, 3.63) is 22.3 Å². The van der Waals surface area contributed by atoms with Crippen LogP contribution in [-0.4, -0.2) is 16.9 Å². The van der Waals surface area contributed by atoms with Gasteiger partial charge in [-0.1, -0.05) is 0 Å². The van der Waals surface area contributed by atoms with Crippen LogP contribution in [0.25, 0.3) is 0 Å². The lowest BCUT2D eigenvalue weighted by Gasteiger charge is -2.14. The molecule has 0 aliphatic carbocycles. The number of pyridine rings is 1. The Bertz CT molecular complexity index is 304. The molecule has 0 aromatic carbocycles. The minimum atomic E-state index is 0.361. The molecule has 0 radical (unpaired) electrons. The lowest BCUT2D eigenvalue weighted by Crippen LogP contribution is -2.17. The highest BCUT2D eigenvalue weighted by atomic mass is 79.9. The maximum Gasteiger partial charge on any atom is 0.129 e. The molecule has 0 bridgehead atoms. The van der Waals surface area contributed by atoms with Crippen LogP contribution in [0.4, 0.5) is 5.82 Å². The Morgan fingerprint density at radius 1 is 1.64 bits per heavy atom. The zero-order valence-corrected chi connectivity index (χ0v) is 10.7. The van der Waals surface area contributed by atoms with Crippen LogP contribution in [0.1, 0.15) is 18.9 Å². The number of anilines is 1. The summed E-state index contributed by atoms with van der Waals surface area (Å²) in [6, 6.07) is 2.41. The van der Waals surface area contributed by atoms with Crippen molar-refractivity contribution < 1.29 is 0 Å². The van der Waals surface area contributed by atoms with E-state index in [1.807, 2.05) is 13.0 Å². The van der Waals surface area contributed by atoms with E-state index >= 15 is 0 Å². The first-order valence-electron chi connectivity index (χ1n) is 4.58. The summed E-state index contributed by atoms with van der Waals surface area (Å²) in [6.45, 7) is 4.14. The number of halogens is 2. The Morgan fingerprint density at radius 2 is 2.36 bits per heavy atom. The van der Waals surface area contributed by atoms with Crippen LogP contribution in [0.15, 0.2) is 16.7 Å². The third-order valence-electron chi connectivity index (χ3n) is 1.97. The van der Waals surface area contributed by atoms with Crippen molar-refractivity contribution in [2.75, 3.05) is 11.2 Å². The van der Waals surface area contributed by atoms with Gasteiger partial charge < -0.3 is 5.32 Å². The van der Waals surface area contributed by atoms with Crippen LogP contribution in [0, 0.1) is 6.92 Å². The molecule has 1 aromatic heterocycles. The van der Waals surface area contributed by atoms with Crippen molar-refractivity contribution in [3.8, 4) is 0 Å². The molecule has 2 nitrogen and oxygen atoms in total. The van der Waals surface area contributed by atoms with Gasteiger partial charge >= 0.3 is 0 Å². The fourth-order valence-electron chi connectivity index (χ4n) is 1.16. The Kier molecular flexibility index (Phi) is 4.69. The molecule has 0 saturated heterocycles. The van der Waals surface area contributed by atoms with E-state index in [9.17, 15) is 0 Å². The smallest absolute Gasteiger partial charge is 0.129 e. The summed E-state index contributed by atoms with van der Waals surface area (Å²) in [5.74, 6) is 1.61. The third kappa shape index (κ3) is 3.46. The maximum absolute atomic E-state index is 5.66. The second kappa shape index (κ2) is 5.56. The van der Waals surface area contributed by atoms with E-state index < -0.39 is 0 Å². The number of nitrogens with zero attached hydrogens (tertiary/aromatic N) is 1. The number of rotatable bonds is 4. The van der Waals surface area contributed by atoms with Crippen LogP contribution in [0.3, 0.4) is 0 Å². The Balaban J connectivity index is 2.67. The minimum absolute atomic E-state index is 0.361. The van der Waals surface area contributed by atoms with Gasteiger partial charge in [-0.2, -0.15) is 0 Å². The Morgan fingerprint density at radius 3 is 2.93 bits per heavy atom. The van der Waals surface area contributed by atoms with Crippen molar-refractivity contribution in [1.82, 2.24) is 4.98 Å². The zero-order valence-electron chi connectivity index (χ0n) is 8.35. The highest BCUT2D eigenvalue weighted by Crippen LogP contribution is 2.17. The largest absolute Gasteiger partial charge is 0.367 e. The molecule has 1 aromatic rings. The van der Waals surface area contributed by atoms with Crippen LogP contribution >= 0.6 is 27.5 Å². The van der Waals surface area contributed by atoms with Gasteiger partial charge in [-0.05, 0) is 47.8 Å². The molecule has 14 heavy (non-hydrogen) atoms. The first-order chi connectivity index (χ1) is 6.63. The highest BCUT2D eigenvalue weighted by Gasteiger charge is 2.04. The first kappa shape index (κ1) is 11.8. The van der Waals surface area contributed by atoms with E-state index in [1.165, 1.54) is 0 Å². The zero-order chi connectivity index (χ0) is 10.6. The average molecular weight is 278 g/mol. The quantitative estimate of drug-likeness (QED) is 0.851. The van der Waals surface area contributed by atoms with Crippen molar-refractivity contribution in [3.63, 3.8) is 0 Å². The predicted octanol–water partition coefficient (Wildman–Crippen LogP) is 3.58. The van der Waals surface area contributed by atoms with Crippen molar-refractivity contribution in [2.24, 2.45) is 0 Å². The fraction of sp³-hybridized carbons (Fsp3) is 0.500. The average Bonchev–Trinajstić information content (AvgIpc) is 2.10. The van der Waals surface area contributed by atoms with E-state index in [0.29, 0.717) is 11.9 Å². The van der Waals surface area contributed by atoms with Gasteiger partial charge in [0.25, 0.3) is 0 Å². The number of hydrogen-bond acceptors (Lipinski definition) is 2. The lowest BCUT2D eigenvalue weighted by atomic mass is 10.2. The predicted molar refractivity (Wildman–Crippen MR) is 65.1 cm³/mol. The summed E-state index contributed by atoms with van der Waals surface area (Å²) >= 11 is 9.04. The molecule has 0 aliphatic heterocycles. The van der Waals surface area contributed by atoms with Gasteiger partial charge in [-0.25, -0.2) is 4.98 Å². The highest BCUT2D eigenvalue weighted by molar-refractivity contribution is 9.10. The molecular formula is C10H14BrClN2. The molecule has 1 unspecified atom stereocenters. The number of aromatic nitrogens is 1. The van der Waals surface area contributed by atoms with Crippen LogP contribution in [0.2, 0.25) is 0 Å². The summed E-state index contributed by atoms with van der Waals surface area (Å²) < 4.78 is 1.01. The monoisotopic (exact) mass is 276 g/mol. The first-order valence-corrected chi connectivity index (χ1v) is 5.91. The molecule has 0 amide bonds. The van der Waals surface area contributed by atoms with Crippen LogP contribution in [0.5, 0.6) is 0 Å². The van der Waals surface area contributed by atoms with Gasteiger partial charge in [-0.15, -0.1) is 11.6 Å². The summed E-state index contributed by atoms with van der Waals surface area (Å²) in [5.41, 5.74) is 1.14. The Hall–Kier alpha value is -0.280. The van der Waals surface area contributed by atoms with E-state index in [1.54, 1.807) is 6.20 Å². The van der Waals surface area contributed by atoms with Crippen LogP contribution in [-0.2, 0) is 0 Å². The molecule has 0 saturated carbocycles. The molecule has 4 heteroatoms. The van der Waals surface area contributed by atoms with Gasteiger partial charge in [0.1, 0.15) is 5.82 Å². The van der Waals surface area contributed by atoms with Crippen molar-refractivity contribution >= 4 is 33.3 Å².